The molecule has 0 saturated carbocycles. The number of carbonyl (C=O) groups is 1. The molecule has 0 unspecified atom stereocenters. The van der Waals surface area contributed by atoms with E-state index >= 15 is 0 Å². The maximum absolute atomic E-state index is 13.1. The summed E-state index contributed by atoms with van der Waals surface area (Å²) in [4.78, 5) is 20.0. The maximum Gasteiger partial charge on any atom is 0.231 e. The van der Waals surface area contributed by atoms with E-state index in [-0.39, 0.29) is 18.5 Å². The first kappa shape index (κ1) is 18.7. The zero-order valence-corrected chi connectivity index (χ0v) is 16.7. The number of rotatable bonds is 5. The van der Waals surface area contributed by atoms with Gasteiger partial charge >= 0.3 is 0 Å². The lowest BCUT2D eigenvalue weighted by Crippen LogP contribution is -2.38. The second-order valence-corrected chi connectivity index (χ2v) is 7.55. The average Bonchev–Trinajstić information content (AvgIpc) is 3.18. The number of likely N-dealkylation sites (tertiary alicyclic amines) is 1. The highest BCUT2D eigenvalue weighted by atomic mass is 16.7. The van der Waals surface area contributed by atoms with E-state index in [1.165, 1.54) is 0 Å². The molecule has 1 atom stereocenters. The first-order valence-electron chi connectivity index (χ1n) is 9.72. The number of hydrogen-bond donors (Lipinski definition) is 0. The number of aryl methyl sites for hydroxylation is 1. The molecule has 3 heterocycles. The second-order valence-electron chi connectivity index (χ2n) is 7.55. The van der Waals surface area contributed by atoms with Gasteiger partial charge in [0.15, 0.2) is 17.3 Å². The van der Waals surface area contributed by atoms with Gasteiger partial charge in [-0.1, -0.05) is 0 Å². The highest BCUT2D eigenvalue weighted by molar-refractivity contribution is 5.98. The predicted molar refractivity (Wildman–Crippen MR) is 105 cm³/mol. The molecule has 2 aliphatic heterocycles. The predicted octanol–water partition coefficient (Wildman–Crippen LogP) is 3.53. The molecular weight excluding hydrogens is 356 g/mol. The summed E-state index contributed by atoms with van der Waals surface area (Å²) < 4.78 is 16.3. The normalized spacial score (nSPS) is 18.9. The molecule has 148 valence electrons. The SMILES string of the molecule is COc1c(C)cnc(CN2CCC[C@@H](C(=O)c3ccc4c(c3)OCO4)C2)c1C. The van der Waals surface area contributed by atoms with Crippen LogP contribution < -0.4 is 14.2 Å². The van der Waals surface area contributed by atoms with Gasteiger partial charge in [-0.15, -0.1) is 0 Å². The topological polar surface area (TPSA) is 60.9 Å². The number of Topliss-reactive ketones (excluding diaryl/α,β-unsaturated/α-hetero) is 1. The number of hydrogen-bond acceptors (Lipinski definition) is 6. The van der Waals surface area contributed by atoms with Crippen LogP contribution in [0.1, 0.15) is 40.0 Å². The van der Waals surface area contributed by atoms with Crippen LogP contribution in [0, 0.1) is 19.8 Å². The summed E-state index contributed by atoms with van der Waals surface area (Å²) in [7, 11) is 1.69. The molecule has 6 heteroatoms. The first-order chi connectivity index (χ1) is 13.6. The molecule has 4 rings (SSSR count). The number of pyridine rings is 1. The fraction of sp³-hybridized carbons (Fsp3) is 0.455. The largest absolute Gasteiger partial charge is 0.496 e. The number of ketones is 1. The van der Waals surface area contributed by atoms with Crippen LogP contribution in [0.5, 0.6) is 17.2 Å². The van der Waals surface area contributed by atoms with Gasteiger partial charge in [0.1, 0.15) is 5.75 Å². The Hall–Kier alpha value is -2.60. The van der Waals surface area contributed by atoms with Crippen molar-refractivity contribution in [3.05, 3.63) is 46.8 Å². The van der Waals surface area contributed by atoms with Gasteiger partial charge in [-0.05, 0) is 51.4 Å². The number of ether oxygens (including phenoxy) is 3. The van der Waals surface area contributed by atoms with Crippen molar-refractivity contribution in [3.63, 3.8) is 0 Å². The lowest BCUT2D eigenvalue weighted by atomic mass is 9.89. The van der Waals surface area contributed by atoms with Crippen LogP contribution in [-0.4, -0.2) is 42.7 Å². The summed E-state index contributed by atoms with van der Waals surface area (Å²) in [5, 5.41) is 0. The molecule has 1 aromatic heterocycles. The van der Waals surface area contributed by atoms with Crippen molar-refractivity contribution in [2.75, 3.05) is 27.0 Å². The fourth-order valence-electron chi connectivity index (χ4n) is 4.14. The highest BCUT2D eigenvalue weighted by Crippen LogP contribution is 2.34. The summed E-state index contributed by atoms with van der Waals surface area (Å²) in [6.07, 6.45) is 3.77. The summed E-state index contributed by atoms with van der Waals surface area (Å²) in [6.45, 7) is 6.72. The Balaban J connectivity index is 1.47. The van der Waals surface area contributed by atoms with Crippen LogP contribution in [0.3, 0.4) is 0 Å². The molecule has 0 spiro atoms. The van der Waals surface area contributed by atoms with Crippen LogP contribution in [0.4, 0.5) is 0 Å². The quantitative estimate of drug-likeness (QED) is 0.738. The molecular formula is C22H26N2O4. The van der Waals surface area contributed by atoms with E-state index in [2.05, 4.69) is 9.88 Å². The van der Waals surface area contributed by atoms with Gasteiger partial charge in [0.25, 0.3) is 0 Å². The van der Waals surface area contributed by atoms with Crippen molar-refractivity contribution >= 4 is 5.78 Å². The van der Waals surface area contributed by atoms with Crippen molar-refractivity contribution in [2.24, 2.45) is 5.92 Å². The maximum atomic E-state index is 13.1. The molecule has 2 aliphatic rings. The van der Waals surface area contributed by atoms with Gasteiger partial charge in [0.05, 0.1) is 12.8 Å². The third kappa shape index (κ3) is 3.56. The summed E-state index contributed by atoms with van der Waals surface area (Å²) in [5.74, 6) is 2.42. The Kier molecular flexibility index (Phi) is 5.22. The van der Waals surface area contributed by atoms with Gasteiger partial charge in [-0.2, -0.15) is 0 Å². The Morgan fingerprint density at radius 1 is 1.29 bits per heavy atom. The average molecular weight is 382 g/mol. The lowest BCUT2D eigenvalue weighted by Gasteiger charge is -2.32. The number of fused-ring (bicyclic) bond motifs is 1. The van der Waals surface area contributed by atoms with Crippen LogP contribution in [0.15, 0.2) is 24.4 Å². The molecule has 28 heavy (non-hydrogen) atoms. The number of carbonyl (C=O) groups excluding carboxylic acids is 1. The van der Waals surface area contributed by atoms with Crippen LogP contribution in [0.2, 0.25) is 0 Å². The third-order valence-corrected chi connectivity index (χ3v) is 5.66. The molecule has 1 fully saturated rings. The van der Waals surface area contributed by atoms with Gasteiger partial charge in [0, 0.05) is 41.9 Å². The fourth-order valence-corrected chi connectivity index (χ4v) is 4.14. The number of methoxy groups -OCH3 is 1. The Labute approximate surface area is 165 Å². The van der Waals surface area contributed by atoms with E-state index in [0.717, 1.165) is 55.0 Å². The second kappa shape index (κ2) is 7.80. The minimum Gasteiger partial charge on any atom is -0.496 e. The standard InChI is InChI=1S/C22H26N2O4/c1-14-10-23-18(15(2)22(14)26-3)12-24-8-4-5-17(11-24)21(25)16-6-7-19-20(9-16)28-13-27-19/h6-7,9-10,17H,4-5,8,11-13H2,1-3H3/t17-/m1/s1. The molecule has 0 N–H and O–H groups in total. The Morgan fingerprint density at radius 2 is 2.11 bits per heavy atom. The van der Waals surface area contributed by atoms with Gasteiger partial charge < -0.3 is 14.2 Å². The summed E-state index contributed by atoms with van der Waals surface area (Å²) in [6, 6.07) is 5.47. The zero-order chi connectivity index (χ0) is 19.7. The van der Waals surface area contributed by atoms with Crippen LogP contribution >= 0.6 is 0 Å². The Morgan fingerprint density at radius 3 is 2.93 bits per heavy atom. The molecule has 0 radical (unpaired) electrons. The third-order valence-electron chi connectivity index (χ3n) is 5.66. The van der Waals surface area contributed by atoms with Crippen molar-refractivity contribution in [1.29, 1.82) is 0 Å². The minimum absolute atomic E-state index is 0.0122. The van der Waals surface area contributed by atoms with E-state index in [1.807, 2.05) is 32.2 Å². The smallest absolute Gasteiger partial charge is 0.231 e. The minimum atomic E-state index is -0.0122. The molecule has 0 amide bonds. The van der Waals surface area contributed by atoms with E-state index in [0.29, 0.717) is 17.1 Å². The van der Waals surface area contributed by atoms with Crippen molar-refractivity contribution in [1.82, 2.24) is 9.88 Å². The van der Waals surface area contributed by atoms with E-state index in [9.17, 15) is 4.79 Å². The Bertz CT molecular complexity index is 896. The first-order valence-corrected chi connectivity index (χ1v) is 9.72. The van der Waals surface area contributed by atoms with Gasteiger partial charge in [0.2, 0.25) is 6.79 Å². The van der Waals surface area contributed by atoms with Crippen LogP contribution in [0.25, 0.3) is 0 Å². The van der Waals surface area contributed by atoms with Crippen molar-refractivity contribution in [3.8, 4) is 17.2 Å². The van der Waals surface area contributed by atoms with Gasteiger partial charge in [-0.25, -0.2) is 0 Å². The zero-order valence-electron chi connectivity index (χ0n) is 16.7. The van der Waals surface area contributed by atoms with E-state index < -0.39 is 0 Å². The van der Waals surface area contributed by atoms with E-state index in [4.69, 9.17) is 14.2 Å². The molecule has 6 nitrogen and oxygen atoms in total. The van der Waals surface area contributed by atoms with Crippen molar-refractivity contribution < 1.29 is 19.0 Å². The van der Waals surface area contributed by atoms with Gasteiger partial charge in [-0.3, -0.25) is 14.7 Å². The number of piperidine rings is 1. The lowest BCUT2D eigenvalue weighted by molar-refractivity contribution is 0.0809. The molecule has 2 aromatic rings. The number of aromatic nitrogens is 1. The van der Waals surface area contributed by atoms with Crippen LogP contribution in [-0.2, 0) is 6.54 Å². The highest BCUT2D eigenvalue weighted by Gasteiger charge is 2.28. The summed E-state index contributed by atoms with van der Waals surface area (Å²) >= 11 is 0. The number of nitrogens with zero attached hydrogens (tertiary/aromatic N) is 2. The molecule has 0 aliphatic carbocycles. The van der Waals surface area contributed by atoms with Crippen molar-refractivity contribution in [2.45, 2.75) is 33.2 Å². The number of benzene rings is 1. The molecule has 1 aromatic carbocycles. The van der Waals surface area contributed by atoms with E-state index in [1.54, 1.807) is 13.2 Å². The summed E-state index contributed by atoms with van der Waals surface area (Å²) in [5.41, 5.74) is 3.83. The molecule has 1 saturated heterocycles. The monoisotopic (exact) mass is 382 g/mol. The molecule has 0 bridgehead atoms.